The number of ether oxygens (including phenoxy) is 2. The summed E-state index contributed by atoms with van der Waals surface area (Å²) in [7, 11) is -2.21. The number of hydrogen-bond acceptors (Lipinski definition) is 7. The van der Waals surface area contributed by atoms with E-state index >= 15 is 0 Å². The van der Waals surface area contributed by atoms with E-state index in [-0.39, 0.29) is 11.5 Å². The second-order valence-corrected chi connectivity index (χ2v) is 7.74. The predicted octanol–water partition coefficient (Wildman–Crippen LogP) is 0.0515. The average molecular weight is 386 g/mol. The van der Waals surface area contributed by atoms with Gasteiger partial charge in [0.1, 0.15) is 6.04 Å². The van der Waals surface area contributed by atoms with Crippen LogP contribution in [-0.2, 0) is 24.3 Å². The molecule has 10 heteroatoms. The lowest BCUT2D eigenvalue weighted by Crippen LogP contribution is -2.41. The van der Waals surface area contributed by atoms with Gasteiger partial charge in [0.2, 0.25) is 15.9 Å². The molecule has 1 fully saturated rings. The molecule has 1 aromatic rings. The first-order valence-electron chi connectivity index (χ1n) is 8.41. The Morgan fingerprint density at radius 2 is 2.04 bits per heavy atom. The summed E-state index contributed by atoms with van der Waals surface area (Å²) in [6.45, 7) is 3.92. The van der Waals surface area contributed by atoms with Crippen molar-refractivity contribution in [2.75, 3.05) is 57.2 Å². The summed E-state index contributed by atoms with van der Waals surface area (Å²) in [5.74, 6) is -0.452. The Balaban J connectivity index is 2.30. The lowest BCUT2D eigenvalue weighted by atomic mass is 10.2. The number of rotatable bonds is 8. The fourth-order valence-electron chi connectivity index (χ4n) is 2.55. The third kappa shape index (κ3) is 4.92. The fourth-order valence-corrected chi connectivity index (χ4v) is 3.98. The van der Waals surface area contributed by atoms with E-state index in [0.29, 0.717) is 44.2 Å². The molecule has 0 radical (unpaired) electrons. The largest absolute Gasteiger partial charge is 0.384 e. The normalized spacial score (nSPS) is 16.9. The molecule has 1 saturated heterocycles. The van der Waals surface area contributed by atoms with E-state index in [2.05, 4.69) is 10.6 Å². The van der Waals surface area contributed by atoms with E-state index < -0.39 is 22.0 Å². The van der Waals surface area contributed by atoms with Gasteiger partial charge in [-0.15, -0.1) is 0 Å². The Bertz CT molecular complexity index is 719. The third-order valence-corrected chi connectivity index (χ3v) is 5.80. The number of benzene rings is 1. The van der Waals surface area contributed by atoms with Gasteiger partial charge in [0.05, 0.1) is 36.1 Å². The van der Waals surface area contributed by atoms with Gasteiger partial charge in [-0.2, -0.15) is 4.31 Å². The molecular formula is C16H26N4O5S. The summed E-state index contributed by atoms with van der Waals surface area (Å²) in [6.07, 6.45) is 0. The number of morpholine rings is 1. The van der Waals surface area contributed by atoms with Crippen LogP contribution < -0.4 is 16.4 Å². The molecule has 9 nitrogen and oxygen atoms in total. The SMILES string of the molecule is CCNc1ccc(S(=O)(=O)N2CCOCC2)cc1NC(=O)C(N)COC. The van der Waals surface area contributed by atoms with Gasteiger partial charge in [0.25, 0.3) is 0 Å². The molecule has 1 atom stereocenters. The maximum absolute atomic E-state index is 12.8. The van der Waals surface area contributed by atoms with Crippen LogP contribution in [0, 0.1) is 0 Å². The zero-order valence-electron chi connectivity index (χ0n) is 15.0. The first-order valence-corrected chi connectivity index (χ1v) is 9.85. The molecule has 1 aromatic carbocycles. The molecule has 1 unspecified atom stereocenters. The lowest BCUT2D eigenvalue weighted by molar-refractivity contribution is -0.118. The highest BCUT2D eigenvalue weighted by molar-refractivity contribution is 7.89. The number of methoxy groups -OCH3 is 1. The summed E-state index contributed by atoms with van der Waals surface area (Å²) < 4.78 is 37.1. The zero-order valence-corrected chi connectivity index (χ0v) is 15.8. The maximum atomic E-state index is 12.8. The van der Waals surface area contributed by atoms with Crippen molar-refractivity contribution in [2.45, 2.75) is 17.9 Å². The molecular weight excluding hydrogens is 360 g/mol. The second-order valence-electron chi connectivity index (χ2n) is 5.81. The topological polar surface area (TPSA) is 123 Å². The zero-order chi connectivity index (χ0) is 19.2. The molecule has 0 aliphatic carbocycles. The molecule has 2 rings (SSSR count). The smallest absolute Gasteiger partial charge is 0.243 e. The monoisotopic (exact) mass is 386 g/mol. The van der Waals surface area contributed by atoms with Crippen molar-refractivity contribution in [1.82, 2.24) is 4.31 Å². The van der Waals surface area contributed by atoms with Crippen molar-refractivity contribution < 1.29 is 22.7 Å². The summed E-state index contributed by atoms with van der Waals surface area (Å²) in [5, 5.41) is 5.78. The van der Waals surface area contributed by atoms with Gasteiger partial charge in [-0.25, -0.2) is 8.42 Å². The number of amides is 1. The molecule has 1 heterocycles. The number of carbonyl (C=O) groups is 1. The van der Waals surface area contributed by atoms with Gasteiger partial charge in [-0.3, -0.25) is 4.79 Å². The minimum atomic E-state index is -3.66. The maximum Gasteiger partial charge on any atom is 0.243 e. The summed E-state index contributed by atoms with van der Waals surface area (Å²) in [5.41, 5.74) is 6.72. The number of nitrogens with zero attached hydrogens (tertiary/aromatic N) is 1. The molecule has 0 saturated carbocycles. The quantitative estimate of drug-likeness (QED) is 0.577. The predicted molar refractivity (Wildman–Crippen MR) is 98.7 cm³/mol. The van der Waals surface area contributed by atoms with Gasteiger partial charge in [-0.1, -0.05) is 0 Å². The van der Waals surface area contributed by atoms with Crippen LogP contribution in [0.2, 0.25) is 0 Å². The highest BCUT2D eigenvalue weighted by Crippen LogP contribution is 2.27. The summed E-state index contributed by atoms with van der Waals surface area (Å²) >= 11 is 0. The molecule has 0 aromatic heterocycles. The Morgan fingerprint density at radius 3 is 2.65 bits per heavy atom. The van der Waals surface area contributed by atoms with E-state index in [1.54, 1.807) is 6.07 Å². The lowest BCUT2D eigenvalue weighted by Gasteiger charge is -2.26. The van der Waals surface area contributed by atoms with Crippen molar-refractivity contribution in [1.29, 1.82) is 0 Å². The highest BCUT2D eigenvalue weighted by atomic mass is 32.2. The Hall–Kier alpha value is -1.72. The second kappa shape index (κ2) is 9.28. The third-order valence-electron chi connectivity index (χ3n) is 3.91. The summed E-state index contributed by atoms with van der Waals surface area (Å²) in [6, 6.07) is 3.75. The van der Waals surface area contributed by atoms with Crippen LogP contribution in [0.5, 0.6) is 0 Å². The van der Waals surface area contributed by atoms with Crippen molar-refractivity contribution in [2.24, 2.45) is 5.73 Å². The molecule has 146 valence electrons. The van der Waals surface area contributed by atoms with Gasteiger partial charge < -0.3 is 25.8 Å². The van der Waals surface area contributed by atoms with E-state index in [9.17, 15) is 13.2 Å². The first kappa shape index (κ1) is 20.6. The Kier molecular flexibility index (Phi) is 7.35. The molecule has 0 spiro atoms. The van der Waals surface area contributed by atoms with Crippen molar-refractivity contribution in [3.63, 3.8) is 0 Å². The van der Waals surface area contributed by atoms with Crippen molar-refractivity contribution >= 4 is 27.3 Å². The number of carbonyl (C=O) groups excluding carboxylic acids is 1. The Morgan fingerprint density at radius 1 is 1.35 bits per heavy atom. The number of sulfonamides is 1. The van der Waals surface area contributed by atoms with Crippen LogP contribution in [-0.4, -0.2) is 71.2 Å². The van der Waals surface area contributed by atoms with Gasteiger partial charge >= 0.3 is 0 Å². The fraction of sp³-hybridized carbons (Fsp3) is 0.562. The van der Waals surface area contributed by atoms with Crippen molar-refractivity contribution in [3.8, 4) is 0 Å². The minimum absolute atomic E-state index is 0.0636. The summed E-state index contributed by atoms with van der Waals surface area (Å²) in [4.78, 5) is 12.3. The van der Waals surface area contributed by atoms with Crippen LogP contribution >= 0.6 is 0 Å². The van der Waals surface area contributed by atoms with E-state index in [0.717, 1.165) is 0 Å². The number of nitrogens with two attached hydrogens (primary N) is 1. The average Bonchev–Trinajstić information content (AvgIpc) is 2.64. The van der Waals surface area contributed by atoms with Crippen LogP contribution in [0.15, 0.2) is 23.1 Å². The minimum Gasteiger partial charge on any atom is -0.384 e. The number of hydrogen-bond donors (Lipinski definition) is 3. The van der Waals surface area contributed by atoms with E-state index in [1.807, 2.05) is 6.92 Å². The molecule has 1 amide bonds. The number of nitrogens with one attached hydrogen (secondary N) is 2. The number of anilines is 2. The van der Waals surface area contributed by atoms with Crippen LogP contribution in [0.25, 0.3) is 0 Å². The molecule has 4 N–H and O–H groups in total. The van der Waals surface area contributed by atoms with Gasteiger partial charge in [0, 0.05) is 26.7 Å². The molecule has 1 aliphatic rings. The molecule has 26 heavy (non-hydrogen) atoms. The van der Waals surface area contributed by atoms with Crippen molar-refractivity contribution in [3.05, 3.63) is 18.2 Å². The van der Waals surface area contributed by atoms with Gasteiger partial charge in [-0.05, 0) is 25.1 Å². The van der Waals surface area contributed by atoms with E-state index in [1.165, 1.54) is 23.5 Å². The first-order chi connectivity index (χ1) is 12.4. The highest BCUT2D eigenvalue weighted by Gasteiger charge is 2.27. The molecule has 1 aliphatic heterocycles. The van der Waals surface area contributed by atoms with Gasteiger partial charge in [0.15, 0.2) is 0 Å². The van der Waals surface area contributed by atoms with Crippen LogP contribution in [0.1, 0.15) is 6.92 Å². The Labute approximate surface area is 153 Å². The van der Waals surface area contributed by atoms with E-state index in [4.69, 9.17) is 15.2 Å². The van der Waals surface area contributed by atoms with Crippen LogP contribution in [0.4, 0.5) is 11.4 Å². The van der Waals surface area contributed by atoms with Crippen LogP contribution in [0.3, 0.4) is 0 Å². The standard InChI is InChI=1S/C16H26N4O5S/c1-3-18-14-5-4-12(26(22,23)20-6-8-25-9-7-20)10-15(14)19-16(21)13(17)11-24-2/h4-5,10,13,18H,3,6-9,11,17H2,1-2H3,(H,19,21). The molecule has 0 bridgehead atoms.